The molecule has 0 bridgehead atoms. The van der Waals surface area contributed by atoms with Gasteiger partial charge in [0.1, 0.15) is 17.5 Å². The Labute approximate surface area is 263 Å². The maximum atomic E-state index is 14.0. The zero-order chi connectivity index (χ0) is 32.0. The number of carbonyl (C=O) groups is 3. The predicted octanol–water partition coefficient (Wildman–Crippen LogP) is 3.98. The van der Waals surface area contributed by atoms with Crippen LogP contribution in [-0.4, -0.2) is 51.8 Å². The normalized spacial score (nSPS) is 18.7. The molecule has 6 rings (SSSR count). The van der Waals surface area contributed by atoms with Gasteiger partial charge in [0.15, 0.2) is 11.5 Å². The number of methoxy groups -OCH3 is 2. The summed E-state index contributed by atoms with van der Waals surface area (Å²) >= 11 is 1.91. The zero-order valence-electron chi connectivity index (χ0n) is 23.7. The van der Waals surface area contributed by atoms with Gasteiger partial charge in [0, 0.05) is 28.6 Å². The molecule has 230 valence electrons. The van der Waals surface area contributed by atoms with E-state index in [1.807, 2.05) is 0 Å². The van der Waals surface area contributed by atoms with Crippen molar-refractivity contribution in [1.29, 1.82) is 0 Å². The first-order chi connectivity index (χ1) is 21.6. The summed E-state index contributed by atoms with van der Waals surface area (Å²) in [6.45, 7) is -0.346. The van der Waals surface area contributed by atoms with Crippen molar-refractivity contribution in [3.05, 3.63) is 97.0 Å². The Hall–Kier alpha value is -5.15. The van der Waals surface area contributed by atoms with Crippen molar-refractivity contribution < 1.29 is 33.9 Å². The molecule has 2 aliphatic heterocycles. The van der Waals surface area contributed by atoms with E-state index in [1.54, 1.807) is 36.4 Å². The van der Waals surface area contributed by atoms with E-state index in [0.29, 0.717) is 26.9 Å². The fourth-order valence-corrected chi connectivity index (χ4v) is 8.27. The first kappa shape index (κ1) is 29.9. The van der Waals surface area contributed by atoms with Gasteiger partial charge in [-0.2, -0.15) is 0 Å². The van der Waals surface area contributed by atoms with Gasteiger partial charge in [-0.05, 0) is 54.1 Å². The summed E-state index contributed by atoms with van der Waals surface area (Å²) in [6.07, 6.45) is 0. The highest BCUT2D eigenvalue weighted by Crippen LogP contribution is 2.54. The lowest BCUT2D eigenvalue weighted by Crippen LogP contribution is -2.33. The Morgan fingerprint density at radius 2 is 1.71 bits per heavy atom. The minimum absolute atomic E-state index is 0.134. The fourth-order valence-electron chi connectivity index (χ4n) is 5.50. The minimum Gasteiger partial charge on any atom is -0.504 e. The third kappa shape index (κ3) is 5.29. The van der Waals surface area contributed by atoms with Gasteiger partial charge in [-0.15, -0.1) is 0 Å². The number of nitrogens with zero attached hydrogens (tertiary/aromatic N) is 3. The Morgan fingerprint density at radius 1 is 1.00 bits per heavy atom. The van der Waals surface area contributed by atoms with Gasteiger partial charge in [0.25, 0.3) is 5.69 Å². The van der Waals surface area contributed by atoms with Crippen LogP contribution in [0.5, 0.6) is 17.2 Å². The zero-order valence-corrected chi connectivity index (χ0v) is 25.3. The molecule has 3 amide bonds. The van der Waals surface area contributed by atoms with Crippen molar-refractivity contribution in [3.8, 4) is 17.2 Å². The van der Waals surface area contributed by atoms with Crippen LogP contribution in [0.4, 0.5) is 17.1 Å². The molecule has 0 spiro atoms. The van der Waals surface area contributed by atoms with E-state index in [0.717, 1.165) is 28.0 Å². The molecule has 45 heavy (non-hydrogen) atoms. The second kappa shape index (κ2) is 11.7. The molecule has 1 aromatic heterocycles. The summed E-state index contributed by atoms with van der Waals surface area (Å²) in [5.41, 5.74) is 0.990. The van der Waals surface area contributed by atoms with Crippen LogP contribution in [0.1, 0.15) is 16.4 Å². The number of imide groups is 1. The summed E-state index contributed by atoms with van der Waals surface area (Å²) in [7, 11) is 2.90. The molecule has 2 aliphatic rings. The number of aromatic nitrogens is 1. The van der Waals surface area contributed by atoms with Gasteiger partial charge in [-0.1, -0.05) is 29.2 Å². The second-order valence-electron chi connectivity index (χ2n) is 10.2. The number of phenolic OH excluding ortho intramolecular Hbond substituents is 1. The number of hydrogen-bond acceptors (Lipinski definition) is 11. The van der Waals surface area contributed by atoms with Gasteiger partial charge in [0.2, 0.25) is 17.7 Å². The summed E-state index contributed by atoms with van der Waals surface area (Å²) in [5, 5.41) is 23.6. The minimum atomic E-state index is -0.977. The number of non-ortho nitro benzene ring substituents is 1. The number of ether oxygens (including phenoxy) is 2. The lowest BCUT2D eigenvalue weighted by Gasteiger charge is -2.31. The van der Waals surface area contributed by atoms with Crippen LogP contribution in [0.3, 0.4) is 0 Å². The molecule has 1 fully saturated rings. The molecule has 3 unspecified atom stereocenters. The molecular formula is C30H24N4O9S2. The summed E-state index contributed by atoms with van der Waals surface area (Å²) in [6, 6.07) is 16.3. The average Bonchev–Trinajstić information content (AvgIpc) is 3.47. The molecule has 0 radical (unpaired) electrons. The first-order valence-corrected chi connectivity index (χ1v) is 15.1. The van der Waals surface area contributed by atoms with Gasteiger partial charge >= 0.3 is 4.87 Å². The number of carbonyl (C=O) groups excluding carboxylic acids is 3. The van der Waals surface area contributed by atoms with E-state index in [9.17, 15) is 34.4 Å². The first-order valence-electron chi connectivity index (χ1n) is 13.4. The molecule has 2 N–H and O–H groups in total. The van der Waals surface area contributed by atoms with E-state index < -0.39 is 44.6 Å². The number of thioether (sulfide) groups is 1. The van der Waals surface area contributed by atoms with Crippen molar-refractivity contribution in [3.63, 3.8) is 0 Å². The summed E-state index contributed by atoms with van der Waals surface area (Å²) in [5.74, 6) is -2.73. The topological polar surface area (TPSA) is 170 Å². The van der Waals surface area contributed by atoms with Crippen molar-refractivity contribution in [2.75, 3.05) is 24.4 Å². The molecule has 15 heteroatoms. The van der Waals surface area contributed by atoms with E-state index in [2.05, 4.69) is 5.32 Å². The van der Waals surface area contributed by atoms with E-state index in [-0.39, 0.29) is 29.4 Å². The molecular weight excluding hydrogens is 624 g/mol. The number of nitro groups is 1. The van der Waals surface area contributed by atoms with Crippen LogP contribution in [0.2, 0.25) is 0 Å². The maximum absolute atomic E-state index is 14.0. The van der Waals surface area contributed by atoms with Gasteiger partial charge < -0.3 is 19.9 Å². The highest BCUT2D eigenvalue weighted by Gasteiger charge is 2.57. The largest absolute Gasteiger partial charge is 0.504 e. The van der Waals surface area contributed by atoms with Crippen LogP contribution in [0.15, 0.2) is 76.6 Å². The Kier molecular flexibility index (Phi) is 7.80. The number of phenols is 1. The molecule has 3 atom stereocenters. The third-order valence-corrected chi connectivity index (χ3v) is 10.2. The standard InChI is InChI=1S/C30H24N4O9S2/c1-42-19-10-4-16(5-11-19)31-22(36)14-32-29-26(45-30(32)39)23(15-3-12-20(35)21(13-15)43-2)24-25(44-29)28(38)33(27(24)37)17-6-8-18(9-7-17)34(40)41/h3-13,23-25,35H,14H2,1-2H3,(H,31,36). The third-order valence-electron chi connectivity index (χ3n) is 7.61. The quantitative estimate of drug-likeness (QED) is 0.162. The van der Waals surface area contributed by atoms with E-state index >= 15 is 0 Å². The highest BCUT2D eigenvalue weighted by atomic mass is 32.2. The maximum Gasteiger partial charge on any atom is 0.308 e. The molecule has 3 aromatic carbocycles. The van der Waals surface area contributed by atoms with Crippen LogP contribution >= 0.6 is 23.1 Å². The Morgan fingerprint density at radius 3 is 2.36 bits per heavy atom. The molecule has 4 aromatic rings. The lowest BCUT2D eigenvalue weighted by molar-refractivity contribution is -0.384. The van der Waals surface area contributed by atoms with Crippen LogP contribution in [-0.2, 0) is 20.9 Å². The molecule has 1 saturated heterocycles. The van der Waals surface area contributed by atoms with E-state index in [1.165, 1.54) is 49.1 Å². The number of aromatic hydroxyl groups is 1. The van der Waals surface area contributed by atoms with Crippen molar-refractivity contribution in [1.82, 2.24) is 4.57 Å². The Balaban J connectivity index is 1.40. The van der Waals surface area contributed by atoms with Crippen LogP contribution in [0.25, 0.3) is 0 Å². The number of rotatable bonds is 8. The van der Waals surface area contributed by atoms with Crippen molar-refractivity contribution in [2.24, 2.45) is 5.92 Å². The SMILES string of the molecule is COc1ccc(NC(=O)Cn2c3c(sc2=O)C(c2ccc(O)c(OC)c2)C2C(=O)N(c4ccc([N+](=O)[O-])cc4)C(=O)C2S3)cc1. The van der Waals surface area contributed by atoms with Gasteiger partial charge in [-0.25, -0.2) is 4.90 Å². The number of nitro benzene ring substituents is 1. The predicted molar refractivity (Wildman–Crippen MR) is 165 cm³/mol. The molecule has 3 heterocycles. The Bertz CT molecular complexity index is 1900. The second-order valence-corrected chi connectivity index (χ2v) is 12.3. The number of fused-ring (bicyclic) bond motifs is 2. The number of thiazole rings is 1. The number of nitrogens with one attached hydrogen (secondary N) is 1. The molecule has 13 nitrogen and oxygen atoms in total. The number of hydrogen-bond donors (Lipinski definition) is 2. The van der Waals surface area contributed by atoms with Crippen molar-refractivity contribution in [2.45, 2.75) is 22.7 Å². The lowest BCUT2D eigenvalue weighted by atomic mass is 9.83. The monoisotopic (exact) mass is 648 g/mol. The van der Waals surface area contributed by atoms with Gasteiger partial charge in [-0.3, -0.25) is 33.9 Å². The van der Waals surface area contributed by atoms with E-state index in [4.69, 9.17) is 9.47 Å². The van der Waals surface area contributed by atoms with Crippen molar-refractivity contribution >= 4 is 57.9 Å². The van der Waals surface area contributed by atoms with Gasteiger partial charge in [0.05, 0.1) is 35.8 Å². The fraction of sp³-hybridized carbons (Fsp3) is 0.200. The summed E-state index contributed by atoms with van der Waals surface area (Å²) in [4.78, 5) is 66.0. The number of anilines is 2. The number of benzene rings is 3. The smallest absolute Gasteiger partial charge is 0.308 e. The molecule has 0 aliphatic carbocycles. The number of amides is 3. The van der Waals surface area contributed by atoms with Crippen LogP contribution in [0, 0.1) is 16.0 Å². The van der Waals surface area contributed by atoms with Crippen LogP contribution < -0.4 is 24.6 Å². The molecule has 0 saturated carbocycles. The highest BCUT2D eigenvalue weighted by molar-refractivity contribution is 8.00. The summed E-state index contributed by atoms with van der Waals surface area (Å²) < 4.78 is 11.7. The average molecular weight is 649 g/mol.